The quantitative estimate of drug-likeness (QED) is 0.441. The first-order valence-corrected chi connectivity index (χ1v) is 7.82. The summed E-state index contributed by atoms with van der Waals surface area (Å²) in [6.45, 7) is 2.39. The molecule has 0 saturated heterocycles. The van der Waals surface area contributed by atoms with Crippen LogP contribution in [0.4, 0.5) is 11.4 Å². The average Bonchev–Trinajstić information content (AvgIpc) is 2.61. The fourth-order valence-corrected chi connectivity index (χ4v) is 2.31. The summed E-state index contributed by atoms with van der Waals surface area (Å²) in [5.74, 6) is -0.214. The van der Waals surface area contributed by atoms with E-state index < -0.39 is 10.8 Å². The lowest BCUT2D eigenvalue weighted by Crippen LogP contribution is -2.15. The highest BCUT2D eigenvalue weighted by atomic mass is 16.6. The monoisotopic (exact) mass is 360 g/mol. The molecule has 138 valence electrons. The van der Waals surface area contributed by atoms with E-state index >= 15 is 0 Å². The van der Waals surface area contributed by atoms with Crippen LogP contribution in [-0.4, -0.2) is 38.3 Å². The van der Waals surface area contributed by atoms with Crippen LogP contribution in [0.3, 0.4) is 0 Å². The molecule has 2 aromatic carbocycles. The van der Waals surface area contributed by atoms with Crippen molar-refractivity contribution in [3.63, 3.8) is 0 Å². The fourth-order valence-electron chi connectivity index (χ4n) is 2.31. The minimum atomic E-state index is -0.631. The van der Waals surface area contributed by atoms with Gasteiger partial charge in [-0.15, -0.1) is 0 Å². The number of amides is 1. The maximum absolute atomic E-state index is 12.6. The van der Waals surface area contributed by atoms with E-state index in [1.165, 1.54) is 26.4 Å². The average molecular weight is 360 g/mol. The Bertz CT molecular complexity index is 806. The molecule has 0 heterocycles. The Morgan fingerprint density at radius 3 is 2.54 bits per heavy atom. The Balaban J connectivity index is 2.36. The number of nitrogens with zero attached hydrogens (tertiary/aromatic N) is 1. The molecular weight excluding hydrogens is 340 g/mol. The van der Waals surface area contributed by atoms with Gasteiger partial charge in [0, 0.05) is 18.9 Å². The molecule has 0 aliphatic carbocycles. The minimum Gasteiger partial charge on any atom is -0.493 e. The van der Waals surface area contributed by atoms with Crippen LogP contribution in [0.1, 0.15) is 15.9 Å². The molecule has 0 radical (unpaired) electrons. The number of nitrogens with one attached hydrogen (secondary N) is 1. The fraction of sp³-hybridized carbons (Fsp3) is 0.278. The third kappa shape index (κ3) is 4.70. The number of aryl methyl sites for hydroxylation is 1. The summed E-state index contributed by atoms with van der Waals surface area (Å²) in [4.78, 5) is 23.3. The Kier molecular flexibility index (Phi) is 6.51. The van der Waals surface area contributed by atoms with Crippen molar-refractivity contribution in [2.45, 2.75) is 6.92 Å². The third-order valence-corrected chi connectivity index (χ3v) is 3.54. The van der Waals surface area contributed by atoms with Crippen LogP contribution in [0.15, 0.2) is 36.4 Å². The maximum atomic E-state index is 12.6. The van der Waals surface area contributed by atoms with Crippen molar-refractivity contribution >= 4 is 17.3 Å². The Morgan fingerprint density at radius 2 is 1.92 bits per heavy atom. The number of benzene rings is 2. The number of nitro benzene ring substituents is 1. The number of hydrogen-bond donors (Lipinski definition) is 1. The maximum Gasteiger partial charge on any atom is 0.286 e. The number of anilines is 1. The Morgan fingerprint density at radius 1 is 1.15 bits per heavy atom. The molecule has 0 spiro atoms. The second kappa shape index (κ2) is 8.82. The number of nitro groups is 1. The molecule has 8 heteroatoms. The molecule has 0 aliphatic heterocycles. The van der Waals surface area contributed by atoms with Crippen LogP contribution in [0.2, 0.25) is 0 Å². The first kappa shape index (κ1) is 19.2. The van der Waals surface area contributed by atoms with Gasteiger partial charge in [-0.2, -0.15) is 0 Å². The molecule has 0 aliphatic rings. The molecule has 0 unspecified atom stereocenters. The molecule has 0 saturated carbocycles. The van der Waals surface area contributed by atoms with E-state index in [2.05, 4.69) is 5.32 Å². The lowest BCUT2D eigenvalue weighted by Gasteiger charge is -2.13. The summed E-state index contributed by atoms with van der Waals surface area (Å²) < 4.78 is 15.5. The minimum absolute atomic E-state index is 0.118. The van der Waals surface area contributed by atoms with Gasteiger partial charge in [-0.1, -0.05) is 12.1 Å². The van der Waals surface area contributed by atoms with Crippen molar-refractivity contribution < 1.29 is 23.9 Å². The van der Waals surface area contributed by atoms with Gasteiger partial charge in [0.15, 0.2) is 11.5 Å². The van der Waals surface area contributed by atoms with Crippen molar-refractivity contribution in [1.29, 1.82) is 0 Å². The molecule has 1 N–H and O–H groups in total. The van der Waals surface area contributed by atoms with E-state index in [1.54, 1.807) is 18.2 Å². The highest BCUT2D eigenvalue weighted by Gasteiger charge is 2.25. The molecule has 8 nitrogen and oxygen atoms in total. The first-order chi connectivity index (χ1) is 12.5. The summed E-state index contributed by atoms with van der Waals surface area (Å²) in [5.41, 5.74) is 1.01. The summed E-state index contributed by atoms with van der Waals surface area (Å²) in [6, 6.07) is 9.62. The number of carbonyl (C=O) groups excluding carboxylic acids is 1. The van der Waals surface area contributed by atoms with Gasteiger partial charge in [0.05, 0.1) is 24.7 Å². The van der Waals surface area contributed by atoms with E-state index in [1.807, 2.05) is 13.0 Å². The SMILES string of the molecule is COCCOc1cc([N+](=O)[O-])c(C(=O)Nc2cccc(C)c2)cc1OC. The molecule has 2 rings (SSSR count). The van der Waals surface area contributed by atoms with Crippen molar-refractivity contribution in [2.24, 2.45) is 0 Å². The van der Waals surface area contributed by atoms with Crippen molar-refractivity contribution in [1.82, 2.24) is 0 Å². The van der Waals surface area contributed by atoms with E-state index in [0.29, 0.717) is 12.3 Å². The zero-order valence-electron chi connectivity index (χ0n) is 14.8. The van der Waals surface area contributed by atoms with Gasteiger partial charge >= 0.3 is 0 Å². The topological polar surface area (TPSA) is 99.9 Å². The van der Waals surface area contributed by atoms with Crippen LogP contribution in [0.25, 0.3) is 0 Å². The van der Waals surface area contributed by atoms with Crippen molar-refractivity contribution in [3.05, 3.63) is 57.6 Å². The standard InChI is InChI=1S/C18H20N2O6/c1-12-5-4-6-13(9-12)19-18(21)14-10-16(25-3)17(26-8-7-24-2)11-15(14)20(22)23/h4-6,9-11H,7-8H2,1-3H3,(H,19,21). The Hall–Kier alpha value is -3.13. The molecule has 1 amide bonds. The summed E-state index contributed by atoms with van der Waals surface area (Å²) in [7, 11) is 2.91. The smallest absolute Gasteiger partial charge is 0.286 e. The first-order valence-electron chi connectivity index (χ1n) is 7.82. The summed E-state index contributed by atoms with van der Waals surface area (Å²) in [5, 5.41) is 14.1. The zero-order chi connectivity index (χ0) is 19.1. The highest BCUT2D eigenvalue weighted by molar-refractivity contribution is 6.07. The zero-order valence-corrected chi connectivity index (χ0v) is 14.8. The summed E-state index contributed by atoms with van der Waals surface area (Å²) >= 11 is 0. The van der Waals surface area contributed by atoms with Crippen LogP contribution in [-0.2, 0) is 4.74 Å². The normalized spacial score (nSPS) is 10.3. The second-order valence-corrected chi connectivity index (χ2v) is 5.44. The van der Waals surface area contributed by atoms with Gasteiger partial charge < -0.3 is 19.5 Å². The van der Waals surface area contributed by atoms with Gasteiger partial charge in [0.2, 0.25) is 0 Å². The molecule has 0 fully saturated rings. The molecule has 0 aromatic heterocycles. The lowest BCUT2D eigenvalue weighted by molar-refractivity contribution is -0.385. The highest BCUT2D eigenvalue weighted by Crippen LogP contribution is 2.35. The molecular formula is C18H20N2O6. The molecule has 26 heavy (non-hydrogen) atoms. The number of ether oxygens (including phenoxy) is 3. The third-order valence-electron chi connectivity index (χ3n) is 3.54. The molecule has 2 aromatic rings. The van der Waals surface area contributed by atoms with Crippen LogP contribution >= 0.6 is 0 Å². The van der Waals surface area contributed by atoms with Crippen molar-refractivity contribution in [3.8, 4) is 11.5 Å². The van der Waals surface area contributed by atoms with Gasteiger partial charge in [0.1, 0.15) is 12.2 Å². The molecule has 0 bridgehead atoms. The number of hydrogen-bond acceptors (Lipinski definition) is 6. The van der Waals surface area contributed by atoms with E-state index in [0.717, 1.165) is 5.56 Å². The van der Waals surface area contributed by atoms with Gasteiger partial charge in [-0.3, -0.25) is 14.9 Å². The Labute approximate surface area is 150 Å². The number of carbonyl (C=O) groups is 1. The van der Waals surface area contributed by atoms with E-state index in [4.69, 9.17) is 14.2 Å². The van der Waals surface area contributed by atoms with Crippen molar-refractivity contribution in [2.75, 3.05) is 32.8 Å². The number of rotatable bonds is 8. The van der Waals surface area contributed by atoms with E-state index in [9.17, 15) is 14.9 Å². The van der Waals surface area contributed by atoms with E-state index in [-0.39, 0.29) is 29.4 Å². The summed E-state index contributed by atoms with van der Waals surface area (Å²) in [6.07, 6.45) is 0. The predicted octanol–water partition coefficient (Wildman–Crippen LogP) is 3.19. The van der Waals surface area contributed by atoms with Crippen LogP contribution < -0.4 is 14.8 Å². The van der Waals surface area contributed by atoms with Crippen LogP contribution in [0, 0.1) is 17.0 Å². The van der Waals surface area contributed by atoms with Crippen LogP contribution in [0.5, 0.6) is 11.5 Å². The lowest BCUT2D eigenvalue weighted by atomic mass is 10.1. The largest absolute Gasteiger partial charge is 0.493 e. The molecule has 0 atom stereocenters. The van der Waals surface area contributed by atoms with Gasteiger partial charge in [0.25, 0.3) is 11.6 Å². The second-order valence-electron chi connectivity index (χ2n) is 5.44. The van der Waals surface area contributed by atoms with Gasteiger partial charge in [-0.05, 0) is 24.6 Å². The predicted molar refractivity (Wildman–Crippen MR) is 96.2 cm³/mol. The number of methoxy groups -OCH3 is 2. The van der Waals surface area contributed by atoms with Gasteiger partial charge in [-0.25, -0.2) is 0 Å².